The van der Waals surface area contributed by atoms with Crippen molar-refractivity contribution in [3.8, 4) is 0 Å². The zero-order valence-corrected chi connectivity index (χ0v) is 15.2. The first-order chi connectivity index (χ1) is 12.5. The first-order valence-electron chi connectivity index (χ1n) is 7.91. The Morgan fingerprint density at radius 1 is 1.30 bits per heavy atom. The van der Waals surface area contributed by atoms with Crippen molar-refractivity contribution in [1.29, 1.82) is 0 Å². The Hall–Kier alpha value is -2.02. The van der Waals surface area contributed by atoms with Crippen molar-refractivity contribution >= 4 is 10.0 Å². The third-order valence-electron chi connectivity index (χ3n) is 3.89. The summed E-state index contributed by atoms with van der Waals surface area (Å²) >= 11 is 0. The van der Waals surface area contributed by atoms with E-state index >= 15 is 0 Å². The molecule has 152 valence electrons. The van der Waals surface area contributed by atoms with Gasteiger partial charge >= 0.3 is 12.7 Å². The Morgan fingerprint density at radius 2 is 1.96 bits per heavy atom. The number of rotatable bonds is 8. The van der Waals surface area contributed by atoms with E-state index in [0.29, 0.717) is 18.3 Å². The van der Waals surface area contributed by atoms with Crippen molar-refractivity contribution in [2.75, 3.05) is 6.54 Å². The number of nitrogens with one attached hydrogen (secondary N) is 1. The molecule has 0 radical (unpaired) electrons. The number of hydrogen-bond donors (Lipinski definition) is 1. The molecule has 1 atom stereocenters. The Labute approximate surface area is 152 Å². The van der Waals surface area contributed by atoms with Gasteiger partial charge in [0.15, 0.2) is 5.69 Å². The van der Waals surface area contributed by atoms with Crippen LogP contribution in [0.4, 0.5) is 22.0 Å². The summed E-state index contributed by atoms with van der Waals surface area (Å²) < 4.78 is 91.1. The SMILES string of the molecule is CCC(CCNS(=O)(=O)c1cnn(C(F)F)c1)n1nc(C(F)(F)F)cc1C. The van der Waals surface area contributed by atoms with Crippen molar-refractivity contribution in [2.45, 2.75) is 50.4 Å². The predicted octanol–water partition coefficient (Wildman–Crippen LogP) is 3.12. The van der Waals surface area contributed by atoms with Gasteiger partial charge in [-0.25, -0.2) is 17.8 Å². The third-order valence-corrected chi connectivity index (χ3v) is 5.30. The molecule has 2 rings (SSSR count). The second-order valence-electron chi connectivity index (χ2n) is 5.80. The fourth-order valence-electron chi connectivity index (χ4n) is 2.50. The van der Waals surface area contributed by atoms with Crippen molar-refractivity contribution in [2.24, 2.45) is 0 Å². The van der Waals surface area contributed by atoms with Crippen LogP contribution in [0.15, 0.2) is 23.4 Å². The number of aryl methyl sites for hydroxylation is 1. The first-order valence-corrected chi connectivity index (χ1v) is 9.39. The minimum absolute atomic E-state index is 0.110. The fourth-order valence-corrected chi connectivity index (χ4v) is 3.49. The number of alkyl halides is 5. The zero-order valence-electron chi connectivity index (χ0n) is 14.4. The van der Waals surface area contributed by atoms with Crippen molar-refractivity contribution in [1.82, 2.24) is 24.3 Å². The lowest BCUT2D eigenvalue weighted by molar-refractivity contribution is -0.141. The number of halogens is 5. The topological polar surface area (TPSA) is 81.8 Å². The largest absolute Gasteiger partial charge is 0.435 e. The highest BCUT2D eigenvalue weighted by Crippen LogP contribution is 2.30. The summed E-state index contributed by atoms with van der Waals surface area (Å²) in [4.78, 5) is -0.425. The monoisotopic (exact) mass is 415 g/mol. The van der Waals surface area contributed by atoms with Gasteiger partial charge in [0, 0.05) is 12.2 Å². The maximum atomic E-state index is 12.8. The molecule has 0 aliphatic heterocycles. The summed E-state index contributed by atoms with van der Waals surface area (Å²) in [6.07, 6.45) is -2.50. The summed E-state index contributed by atoms with van der Waals surface area (Å²) in [5.41, 5.74) is -0.714. The fraction of sp³-hybridized carbons (Fsp3) is 0.571. The van der Waals surface area contributed by atoms with Crippen LogP contribution in [0.5, 0.6) is 0 Å². The van der Waals surface area contributed by atoms with Gasteiger partial charge in [-0.3, -0.25) is 4.68 Å². The summed E-state index contributed by atoms with van der Waals surface area (Å²) in [5, 5.41) is 6.82. The van der Waals surface area contributed by atoms with E-state index in [0.717, 1.165) is 12.3 Å². The highest BCUT2D eigenvalue weighted by Gasteiger charge is 2.35. The molecule has 1 N–H and O–H groups in total. The van der Waals surface area contributed by atoms with Gasteiger partial charge in [-0.1, -0.05) is 6.92 Å². The van der Waals surface area contributed by atoms with Gasteiger partial charge in [-0.15, -0.1) is 0 Å². The number of sulfonamides is 1. The second-order valence-corrected chi connectivity index (χ2v) is 7.56. The number of aromatic nitrogens is 4. The van der Waals surface area contributed by atoms with Gasteiger partial charge in [0.25, 0.3) is 0 Å². The molecule has 0 aliphatic rings. The smallest absolute Gasteiger partial charge is 0.266 e. The van der Waals surface area contributed by atoms with Crippen molar-refractivity contribution < 1.29 is 30.4 Å². The number of hydrogen-bond acceptors (Lipinski definition) is 4. The Balaban J connectivity index is 2.05. The molecule has 0 saturated heterocycles. The Bertz CT molecular complexity index is 875. The molecule has 0 aromatic carbocycles. The van der Waals surface area contributed by atoms with E-state index in [1.54, 1.807) is 6.92 Å². The van der Waals surface area contributed by atoms with Gasteiger partial charge < -0.3 is 0 Å². The molecule has 7 nitrogen and oxygen atoms in total. The molecule has 2 heterocycles. The van der Waals surface area contributed by atoms with Gasteiger partial charge in [-0.2, -0.15) is 32.1 Å². The lowest BCUT2D eigenvalue weighted by Crippen LogP contribution is -2.27. The van der Waals surface area contributed by atoms with Crippen LogP contribution in [0.3, 0.4) is 0 Å². The quantitative estimate of drug-likeness (QED) is 0.672. The molecule has 2 aromatic heterocycles. The minimum atomic E-state index is -4.57. The van der Waals surface area contributed by atoms with Crippen LogP contribution in [0, 0.1) is 6.92 Å². The van der Waals surface area contributed by atoms with Crippen LogP contribution in [0.25, 0.3) is 0 Å². The highest BCUT2D eigenvalue weighted by atomic mass is 32.2. The van der Waals surface area contributed by atoms with E-state index in [9.17, 15) is 30.4 Å². The number of nitrogens with zero attached hydrogens (tertiary/aromatic N) is 4. The molecule has 0 bridgehead atoms. The first kappa shape index (κ1) is 21.3. The van der Waals surface area contributed by atoms with Crippen LogP contribution in [-0.4, -0.2) is 34.5 Å². The second kappa shape index (κ2) is 7.92. The van der Waals surface area contributed by atoms with E-state index in [-0.39, 0.29) is 17.6 Å². The van der Waals surface area contributed by atoms with E-state index < -0.39 is 39.4 Å². The standard InChI is InChI=1S/C14H18F5N5O2S/c1-3-10(24-9(2)6-12(22-24)14(17,18)19)4-5-21-27(25,26)11-7-20-23(8-11)13(15)16/h6-8,10,13,21H,3-5H2,1-2H3. The maximum Gasteiger partial charge on any atom is 0.435 e. The molecular formula is C14H18F5N5O2S. The Morgan fingerprint density at radius 3 is 2.44 bits per heavy atom. The van der Waals surface area contributed by atoms with Crippen molar-refractivity contribution in [3.05, 3.63) is 29.8 Å². The van der Waals surface area contributed by atoms with E-state index in [2.05, 4.69) is 14.9 Å². The third kappa shape index (κ3) is 5.03. The molecule has 0 fully saturated rings. The van der Waals surface area contributed by atoms with E-state index in [1.165, 1.54) is 11.6 Å². The molecule has 13 heteroatoms. The minimum Gasteiger partial charge on any atom is -0.266 e. The van der Waals surface area contributed by atoms with Crippen LogP contribution < -0.4 is 4.72 Å². The molecule has 0 spiro atoms. The molecule has 27 heavy (non-hydrogen) atoms. The van der Waals surface area contributed by atoms with Crippen molar-refractivity contribution in [3.63, 3.8) is 0 Å². The Kier molecular flexibility index (Phi) is 6.24. The van der Waals surface area contributed by atoms with Gasteiger partial charge in [0.1, 0.15) is 4.90 Å². The lowest BCUT2D eigenvalue weighted by Gasteiger charge is -2.17. The van der Waals surface area contributed by atoms with Crippen LogP contribution in [-0.2, 0) is 16.2 Å². The zero-order chi connectivity index (χ0) is 20.4. The van der Waals surface area contributed by atoms with Gasteiger partial charge in [0.05, 0.1) is 18.4 Å². The van der Waals surface area contributed by atoms with Crippen LogP contribution in [0.2, 0.25) is 0 Å². The lowest BCUT2D eigenvalue weighted by atomic mass is 10.1. The van der Waals surface area contributed by atoms with Crippen LogP contribution in [0.1, 0.15) is 43.7 Å². The maximum absolute atomic E-state index is 12.8. The molecule has 0 saturated carbocycles. The normalized spacial score (nSPS) is 14.1. The van der Waals surface area contributed by atoms with Crippen LogP contribution >= 0.6 is 0 Å². The summed E-state index contributed by atoms with van der Waals surface area (Å²) in [6, 6.07) is 0.457. The summed E-state index contributed by atoms with van der Waals surface area (Å²) in [6.45, 7) is 0.138. The van der Waals surface area contributed by atoms with E-state index in [1.807, 2.05) is 0 Å². The predicted molar refractivity (Wildman–Crippen MR) is 84.6 cm³/mol. The highest BCUT2D eigenvalue weighted by molar-refractivity contribution is 7.89. The van der Waals surface area contributed by atoms with Gasteiger partial charge in [-0.05, 0) is 25.8 Å². The summed E-state index contributed by atoms with van der Waals surface area (Å²) in [5.74, 6) is 0. The van der Waals surface area contributed by atoms with E-state index in [4.69, 9.17) is 0 Å². The molecule has 0 aliphatic carbocycles. The molecule has 1 unspecified atom stereocenters. The molecular weight excluding hydrogens is 397 g/mol. The summed E-state index contributed by atoms with van der Waals surface area (Å²) in [7, 11) is -4.06. The molecule has 0 amide bonds. The van der Waals surface area contributed by atoms with Gasteiger partial charge in [0.2, 0.25) is 10.0 Å². The average Bonchev–Trinajstić information content (AvgIpc) is 3.18. The average molecular weight is 415 g/mol. The molecule has 2 aromatic rings.